The number of benzene rings is 2. The summed E-state index contributed by atoms with van der Waals surface area (Å²) in [6.45, 7) is 1.01. The van der Waals surface area contributed by atoms with Gasteiger partial charge in [0.15, 0.2) is 5.78 Å². The van der Waals surface area contributed by atoms with Gasteiger partial charge in [0.25, 0.3) is 0 Å². The third-order valence-corrected chi connectivity index (χ3v) is 5.44. The zero-order valence-electron chi connectivity index (χ0n) is 17.6. The number of ketones is 1. The number of phenols is 1. The lowest BCUT2D eigenvalue weighted by molar-refractivity contribution is -0.277. The number of rotatable bonds is 8. The van der Waals surface area contributed by atoms with Crippen molar-refractivity contribution < 1.29 is 49.3 Å². The highest BCUT2D eigenvalue weighted by molar-refractivity contribution is 6.08. The van der Waals surface area contributed by atoms with Crippen LogP contribution in [0.25, 0.3) is 10.8 Å². The van der Waals surface area contributed by atoms with Crippen LogP contribution < -0.4 is 9.47 Å². The quantitative estimate of drug-likeness (QED) is 0.277. The van der Waals surface area contributed by atoms with Crippen LogP contribution in [-0.2, 0) is 9.53 Å². The van der Waals surface area contributed by atoms with Crippen molar-refractivity contribution in [1.82, 2.24) is 0 Å². The summed E-state index contributed by atoms with van der Waals surface area (Å²) in [5.41, 5.74) is 0.515. The minimum absolute atomic E-state index is 0.00654. The zero-order valence-corrected chi connectivity index (χ0v) is 17.6. The number of aryl methyl sites for hydroxylation is 1. The van der Waals surface area contributed by atoms with Crippen molar-refractivity contribution in [2.45, 2.75) is 50.5 Å². The Morgan fingerprint density at radius 1 is 1.16 bits per heavy atom. The molecule has 1 heterocycles. The monoisotopic (exact) mass is 450 g/mol. The second-order valence-electron chi connectivity index (χ2n) is 7.58. The van der Waals surface area contributed by atoms with Gasteiger partial charge in [0.2, 0.25) is 6.29 Å². The Balaban J connectivity index is 2.10. The molecular weight excluding hydrogens is 424 g/mol. The zero-order chi connectivity index (χ0) is 23.6. The maximum atomic E-state index is 12.6. The molecule has 0 unspecified atom stereocenters. The van der Waals surface area contributed by atoms with Crippen molar-refractivity contribution in [2.24, 2.45) is 0 Å². The van der Waals surface area contributed by atoms with E-state index in [-0.39, 0.29) is 35.3 Å². The summed E-state index contributed by atoms with van der Waals surface area (Å²) in [6, 6.07) is 4.66. The van der Waals surface area contributed by atoms with Gasteiger partial charge in [-0.25, -0.2) is 0 Å². The van der Waals surface area contributed by atoms with Gasteiger partial charge in [-0.1, -0.05) is 6.07 Å². The molecule has 1 aliphatic rings. The smallest absolute Gasteiger partial charge is 0.229 e. The molecule has 3 rings (SSSR count). The number of aromatic hydroxyl groups is 1. The van der Waals surface area contributed by atoms with Gasteiger partial charge in [0, 0.05) is 18.9 Å². The molecule has 174 valence electrons. The minimum atomic E-state index is -1.67. The molecule has 0 radical (unpaired) electrons. The van der Waals surface area contributed by atoms with Gasteiger partial charge in [0.05, 0.1) is 24.7 Å². The molecule has 0 spiro atoms. The SMILES string of the molecule is COc1cc(O[C@H]2O[C@H](CO)[C@@H](O)[C@H](O)[C@H]2O)c2c(O)c(C(=O)CCC=O)c(C)cc2c1. The number of carbonyl (C=O) groups excluding carboxylic acids is 2. The molecule has 2 aromatic carbocycles. The van der Waals surface area contributed by atoms with E-state index < -0.39 is 43.1 Å². The van der Waals surface area contributed by atoms with Crippen LogP contribution in [0.1, 0.15) is 28.8 Å². The fraction of sp³-hybridized carbons (Fsp3) is 0.455. The lowest BCUT2D eigenvalue weighted by atomic mass is 9.95. The normalized spacial score (nSPS) is 25.5. The Morgan fingerprint density at radius 3 is 2.50 bits per heavy atom. The first-order valence-electron chi connectivity index (χ1n) is 10.0. The summed E-state index contributed by atoms with van der Waals surface area (Å²) < 4.78 is 16.4. The number of aliphatic hydroxyl groups is 4. The summed E-state index contributed by atoms with van der Waals surface area (Å²) in [6.07, 6.45) is -7.04. The van der Waals surface area contributed by atoms with Crippen LogP contribution >= 0.6 is 0 Å². The molecule has 10 heteroatoms. The number of ether oxygens (including phenoxy) is 3. The van der Waals surface area contributed by atoms with Gasteiger partial charge in [-0.05, 0) is 23.9 Å². The van der Waals surface area contributed by atoms with Crippen LogP contribution in [0.15, 0.2) is 18.2 Å². The van der Waals surface area contributed by atoms with Gasteiger partial charge in [-0.2, -0.15) is 0 Å². The molecule has 0 aliphatic carbocycles. The number of carbonyl (C=O) groups is 2. The molecule has 0 bridgehead atoms. The second-order valence-corrected chi connectivity index (χ2v) is 7.58. The lowest BCUT2D eigenvalue weighted by Gasteiger charge is -2.39. The molecule has 0 saturated carbocycles. The van der Waals surface area contributed by atoms with Crippen molar-refractivity contribution >= 4 is 22.8 Å². The molecular formula is C22H26O10. The Bertz CT molecular complexity index is 1000. The van der Waals surface area contributed by atoms with Crippen LogP contribution in [-0.4, -0.2) is 82.0 Å². The van der Waals surface area contributed by atoms with Crippen LogP contribution in [0.2, 0.25) is 0 Å². The Labute approximate surface area is 183 Å². The van der Waals surface area contributed by atoms with Crippen LogP contribution in [0.5, 0.6) is 17.2 Å². The molecule has 5 N–H and O–H groups in total. The largest absolute Gasteiger partial charge is 0.506 e. The van der Waals surface area contributed by atoms with Gasteiger partial charge >= 0.3 is 0 Å². The number of fused-ring (bicyclic) bond motifs is 1. The third kappa shape index (κ3) is 4.41. The maximum Gasteiger partial charge on any atom is 0.229 e. The van der Waals surface area contributed by atoms with Crippen molar-refractivity contribution in [3.05, 3.63) is 29.3 Å². The maximum absolute atomic E-state index is 12.6. The van der Waals surface area contributed by atoms with E-state index in [4.69, 9.17) is 14.2 Å². The van der Waals surface area contributed by atoms with Crippen molar-refractivity contribution in [2.75, 3.05) is 13.7 Å². The van der Waals surface area contributed by atoms with Crippen LogP contribution in [0.4, 0.5) is 0 Å². The topological polar surface area (TPSA) is 163 Å². The van der Waals surface area contributed by atoms with Crippen molar-refractivity contribution in [3.8, 4) is 17.2 Å². The number of Topliss-reactive ketones (excluding diaryl/α,β-unsaturated/α-hetero) is 1. The number of aldehydes is 1. The van der Waals surface area contributed by atoms with Crippen LogP contribution in [0.3, 0.4) is 0 Å². The molecule has 32 heavy (non-hydrogen) atoms. The fourth-order valence-corrected chi connectivity index (χ4v) is 3.76. The van der Waals surface area contributed by atoms with Crippen LogP contribution in [0, 0.1) is 6.92 Å². The number of hydrogen-bond donors (Lipinski definition) is 5. The first-order chi connectivity index (χ1) is 15.2. The molecule has 1 saturated heterocycles. The van der Waals surface area contributed by atoms with Gasteiger partial charge < -0.3 is 44.5 Å². The van der Waals surface area contributed by atoms with E-state index in [9.17, 15) is 35.1 Å². The predicted octanol–water partition coefficient (Wildman–Crippen LogP) is 0.203. The number of methoxy groups -OCH3 is 1. The predicted molar refractivity (Wildman–Crippen MR) is 111 cm³/mol. The highest BCUT2D eigenvalue weighted by Gasteiger charge is 2.45. The minimum Gasteiger partial charge on any atom is -0.506 e. The second kappa shape index (κ2) is 9.80. The lowest BCUT2D eigenvalue weighted by Crippen LogP contribution is -2.60. The number of hydrogen-bond acceptors (Lipinski definition) is 10. The van der Waals surface area contributed by atoms with Crippen molar-refractivity contribution in [1.29, 1.82) is 0 Å². The third-order valence-electron chi connectivity index (χ3n) is 5.44. The number of aliphatic hydroxyl groups excluding tert-OH is 4. The highest BCUT2D eigenvalue weighted by Crippen LogP contribution is 2.42. The standard InChI is InChI=1S/C22H26O10/c1-10-6-11-7-12(30-2)8-14(17(11)19(27)16(10)13(25)4-3-5-23)31-22-21(29)20(28)18(26)15(9-24)32-22/h5-8,15,18,20-22,24,26-29H,3-4,9H2,1-2H3/t15-,18-,20+,21-,22+/m1/s1. The first-order valence-corrected chi connectivity index (χ1v) is 10.0. The van der Waals surface area contributed by atoms with Gasteiger partial charge in [-0.15, -0.1) is 0 Å². The van der Waals surface area contributed by atoms with Gasteiger partial charge in [-0.3, -0.25) is 4.79 Å². The van der Waals surface area contributed by atoms with E-state index in [1.807, 2.05) is 0 Å². The molecule has 5 atom stereocenters. The van der Waals surface area contributed by atoms with E-state index in [0.717, 1.165) is 0 Å². The van der Waals surface area contributed by atoms with Gasteiger partial charge in [0.1, 0.15) is 48.0 Å². The average molecular weight is 450 g/mol. The summed E-state index contributed by atoms with van der Waals surface area (Å²) in [5.74, 6) is -0.483. The highest BCUT2D eigenvalue weighted by atomic mass is 16.7. The summed E-state index contributed by atoms with van der Waals surface area (Å²) >= 11 is 0. The van der Waals surface area contributed by atoms with E-state index >= 15 is 0 Å². The Hall–Kier alpha value is -2.76. The summed E-state index contributed by atoms with van der Waals surface area (Å²) in [7, 11) is 1.42. The molecule has 1 aliphatic heterocycles. The van der Waals surface area contributed by atoms with E-state index in [0.29, 0.717) is 23.0 Å². The molecule has 2 aromatic rings. The Kier molecular flexibility index (Phi) is 7.32. The molecule has 1 fully saturated rings. The summed E-state index contributed by atoms with van der Waals surface area (Å²) in [5, 5.41) is 51.3. The van der Waals surface area contributed by atoms with E-state index in [2.05, 4.69) is 0 Å². The average Bonchev–Trinajstić information content (AvgIpc) is 2.77. The first kappa shape index (κ1) is 23.9. The summed E-state index contributed by atoms with van der Waals surface area (Å²) in [4.78, 5) is 23.2. The fourth-order valence-electron chi connectivity index (χ4n) is 3.76. The van der Waals surface area contributed by atoms with E-state index in [1.165, 1.54) is 13.2 Å². The Morgan fingerprint density at radius 2 is 1.88 bits per heavy atom. The molecule has 0 amide bonds. The van der Waals surface area contributed by atoms with E-state index in [1.54, 1.807) is 19.1 Å². The molecule has 0 aromatic heterocycles. The van der Waals surface area contributed by atoms with Crippen molar-refractivity contribution in [3.63, 3.8) is 0 Å². The number of phenolic OH excluding ortho intramolecular Hbond substituents is 1. The molecule has 10 nitrogen and oxygen atoms in total.